The summed E-state index contributed by atoms with van der Waals surface area (Å²) in [7, 11) is -0.753. The van der Waals surface area contributed by atoms with Crippen molar-refractivity contribution in [3.05, 3.63) is 47.0 Å². The molecule has 1 aliphatic rings. The lowest BCUT2D eigenvalue weighted by atomic mass is 10.2. The van der Waals surface area contributed by atoms with E-state index in [0.717, 1.165) is 0 Å². The van der Waals surface area contributed by atoms with Gasteiger partial charge in [0.2, 0.25) is 10.0 Å². The molecule has 0 atom stereocenters. The van der Waals surface area contributed by atoms with E-state index < -0.39 is 15.9 Å². The highest BCUT2D eigenvalue weighted by Gasteiger charge is 2.27. The molecule has 8 nitrogen and oxygen atoms in total. The summed E-state index contributed by atoms with van der Waals surface area (Å²) in [5, 5.41) is 2.84. The predicted octanol–water partition coefficient (Wildman–Crippen LogP) is 2.63. The van der Waals surface area contributed by atoms with Gasteiger partial charge < -0.3 is 19.5 Å². The molecule has 156 valence electrons. The third kappa shape index (κ3) is 4.64. The van der Waals surface area contributed by atoms with E-state index in [4.69, 9.17) is 25.8 Å². The Labute approximate surface area is 174 Å². The molecule has 1 amide bonds. The van der Waals surface area contributed by atoms with E-state index in [-0.39, 0.29) is 28.6 Å². The van der Waals surface area contributed by atoms with E-state index in [0.29, 0.717) is 30.4 Å². The first kappa shape index (κ1) is 21.4. The van der Waals surface area contributed by atoms with Crippen LogP contribution in [0.5, 0.6) is 11.5 Å². The number of amides is 1. The number of ether oxygens (including phenoxy) is 3. The van der Waals surface area contributed by atoms with Crippen LogP contribution in [-0.2, 0) is 14.8 Å². The molecule has 1 N–H and O–H groups in total. The van der Waals surface area contributed by atoms with Gasteiger partial charge in [0.25, 0.3) is 5.91 Å². The fourth-order valence-corrected chi connectivity index (χ4v) is 4.53. The van der Waals surface area contributed by atoms with Crippen molar-refractivity contribution in [2.75, 3.05) is 45.8 Å². The maximum absolute atomic E-state index is 12.9. The maximum Gasteiger partial charge on any atom is 0.257 e. The Hall–Kier alpha value is -2.33. The summed E-state index contributed by atoms with van der Waals surface area (Å²) < 4.78 is 42.6. The normalized spacial score (nSPS) is 15.0. The molecule has 2 aromatic carbocycles. The van der Waals surface area contributed by atoms with Crippen molar-refractivity contribution in [2.24, 2.45) is 0 Å². The summed E-state index contributed by atoms with van der Waals surface area (Å²) in [5.74, 6) is 0.420. The van der Waals surface area contributed by atoms with Crippen LogP contribution in [0.1, 0.15) is 10.4 Å². The van der Waals surface area contributed by atoms with Crippen LogP contribution in [0.4, 0.5) is 5.69 Å². The topological polar surface area (TPSA) is 94.2 Å². The number of nitrogens with zero attached hydrogens (tertiary/aromatic N) is 1. The van der Waals surface area contributed by atoms with Crippen molar-refractivity contribution in [1.29, 1.82) is 0 Å². The third-order valence-corrected chi connectivity index (χ3v) is 6.66. The molecule has 0 saturated carbocycles. The molecule has 2 aromatic rings. The zero-order chi connectivity index (χ0) is 21.0. The highest BCUT2D eigenvalue weighted by molar-refractivity contribution is 7.89. The van der Waals surface area contributed by atoms with Crippen molar-refractivity contribution in [1.82, 2.24) is 4.31 Å². The number of nitrogens with one attached hydrogen (secondary N) is 1. The van der Waals surface area contributed by atoms with Crippen LogP contribution in [-0.4, -0.2) is 59.2 Å². The largest absolute Gasteiger partial charge is 0.493 e. The number of anilines is 1. The van der Waals surface area contributed by atoms with E-state index in [2.05, 4.69) is 5.32 Å². The van der Waals surface area contributed by atoms with Crippen molar-refractivity contribution < 1.29 is 27.4 Å². The van der Waals surface area contributed by atoms with Gasteiger partial charge in [0, 0.05) is 24.8 Å². The Morgan fingerprint density at radius 3 is 2.41 bits per heavy atom. The molecular weight excluding hydrogens is 420 g/mol. The van der Waals surface area contributed by atoms with Gasteiger partial charge in [-0.15, -0.1) is 0 Å². The lowest BCUT2D eigenvalue weighted by molar-refractivity contribution is 0.0730. The van der Waals surface area contributed by atoms with Gasteiger partial charge in [-0.25, -0.2) is 8.42 Å². The van der Waals surface area contributed by atoms with Gasteiger partial charge >= 0.3 is 0 Å². The standard InChI is InChI=1S/C19H21ClN2O6S/c1-26-17-6-3-13(11-18(17)27-2)21-19(23)15-12-14(4-5-16(15)20)29(24,25)22-7-9-28-10-8-22/h3-6,11-12H,7-10H2,1-2H3,(H,21,23). The molecule has 1 saturated heterocycles. The van der Waals surface area contributed by atoms with Crippen molar-refractivity contribution >= 4 is 33.2 Å². The van der Waals surface area contributed by atoms with Gasteiger partial charge in [-0.3, -0.25) is 4.79 Å². The van der Waals surface area contributed by atoms with Crippen molar-refractivity contribution in [3.8, 4) is 11.5 Å². The first-order valence-electron chi connectivity index (χ1n) is 8.77. The van der Waals surface area contributed by atoms with Gasteiger partial charge in [-0.1, -0.05) is 11.6 Å². The fourth-order valence-electron chi connectivity index (χ4n) is 2.89. The van der Waals surface area contributed by atoms with E-state index in [1.165, 1.54) is 36.7 Å². The number of rotatable bonds is 6. The summed E-state index contributed by atoms with van der Waals surface area (Å²) in [6, 6.07) is 8.96. The van der Waals surface area contributed by atoms with E-state index >= 15 is 0 Å². The molecule has 1 heterocycles. The Morgan fingerprint density at radius 1 is 1.07 bits per heavy atom. The van der Waals surface area contributed by atoms with Gasteiger partial charge in [0.05, 0.1) is 42.9 Å². The van der Waals surface area contributed by atoms with Gasteiger partial charge in [0.1, 0.15) is 0 Å². The summed E-state index contributed by atoms with van der Waals surface area (Å²) in [4.78, 5) is 12.7. The van der Waals surface area contributed by atoms with Crippen LogP contribution in [0.3, 0.4) is 0 Å². The molecule has 1 aliphatic heterocycles. The summed E-state index contributed by atoms with van der Waals surface area (Å²) in [6.07, 6.45) is 0. The second-order valence-electron chi connectivity index (χ2n) is 6.18. The quantitative estimate of drug-likeness (QED) is 0.742. The zero-order valence-corrected chi connectivity index (χ0v) is 17.5. The average molecular weight is 441 g/mol. The van der Waals surface area contributed by atoms with Crippen molar-refractivity contribution in [3.63, 3.8) is 0 Å². The molecule has 0 spiro atoms. The van der Waals surface area contributed by atoms with Crippen LogP contribution >= 0.6 is 11.6 Å². The minimum atomic E-state index is -3.75. The van der Waals surface area contributed by atoms with E-state index in [1.807, 2.05) is 0 Å². The van der Waals surface area contributed by atoms with Gasteiger partial charge in [0.15, 0.2) is 11.5 Å². The predicted molar refractivity (Wildman–Crippen MR) is 109 cm³/mol. The molecule has 10 heteroatoms. The maximum atomic E-state index is 12.9. The van der Waals surface area contributed by atoms with Crippen LogP contribution in [0.25, 0.3) is 0 Å². The molecule has 0 bridgehead atoms. The molecule has 0 aliphatic carbocycles. The Kier molecular flexibility index (Phi) is 6.63. The smallest absolute Gasteiger partial charge is 0.257 e. The second-order valence-corrected chi connectivity index (χ2v) is 8.53. The number of morpholine rings is 1. The minimum Gasteiger partial charge on any atom is -0.493 e. The number of hydrogen-bond acceptors (Lipinski definition) is 6. The number of sulfonamides is 1. The highest BCUT2D eigenvalue weighted by Crippen LogP contribution is 2.30. The number of hydrogen-bond donors (Lipinski definition) is 1. The van der Waals surface area contributed by atoms with Crippen LogP contribution in [0, 0.1) is 0 Å². The molecule has 0 unspecified atom stereocenters. The Bertz CT molecular complexity index is 1010. The monoisotopic (exact) mass is 440 g/mol. The van der Waals surface area contributed by atoms with Gasteiger partial charge in [-0.05, 0) is 30.3 Å². The van der Waals surface area contributed by atoms with E-state index in [1.54, 1.807) is 18.2 Å². The second kappa shape index (κ2) is 9.00. The third-order valence-electron chi connectivity index (χ3n) is 4.43. The van der Waals surface area contributed by atoms with Crippen LogP contribution < -0.4 is 14.8 Å². The Morgan fingerprint density at radius 2 is 1.76 bits per heavy atom. The first-order valence-corrected chi connectivity index (χ1v) is 10.6. The summed E-state index contributed by atoms with van der Waals surface area (Å²) in [5.41, 5.74) is 0.501. The molecule has 1 fully saturated rings. The zero-order valence-electron chi connectivity index (χ0n) is 16.0. The summed E-state index contributed by atoms with van der Waals surface area (Å²) >= 11 is 6.17. The van der Waals surface area contributed by atoms with Gasteiger partial charge in [-0.2, -0.15) is 4.31 Å². The first-order chi connectivity index (χ1) is 13.9. The number of carbonyl (C=O) groups excluding carboxylic acids is 1. The highest BCUT2D eigenvalue weighted by atomic mass is 35.5. The molecule has 0 aromatic heterocycles. The number of halogens is 1. The fraction of sp³-hybridized carbons (Fsp3) is 0.316. The molecule has 0 radical (unpaired) electrons. The molecule has 29 heavy (non-hydrogen) atoms. The lowest BCUT2D eigenvalue weighted by Gasteiger charge is -2.26. The molecular formula is C19H21ClN2O6S. The average Bonchev–Trinajstić information content (AvgIpc) is 2.74. The van der Waals surface area contributed by atoms with Crippen LogP contribution in [0.15, 0.2) is 41.3 Å². The van der Waals surface area contributed by atoms with E-state index in [9.17, 15) is 13.2 Å². The SMILES string of the molecule is COc1ccc(NC(=O)c2cc(S(=O)(=O)N3CCOCC3)ccc2Cl)cc1OC. The summed E-state index contributed by atoms with van der Waals surface area (Å²) in [6.45, 7) is 1.19. The number of benzene rings is 2. The van der Waals surface area contributed by atoms with Crippen LogP contribution in [0.2, 0.25) is 5.02 Å². The Balaban J connectivity index is 1.87. The number of methoxy groups -OCH3 is 2. The van der Waals surface area contributed by atoms with Crippen molar-refractivity contribution in [2.45, 2.75) is 4.90 Å². The number of carbonyl (C=O) groups is 1. The lowest BCUT2D eigenvalue weighted by Crippen LogP contribution is -2.40. The minimum absolute atomic E-state index is 0.00117. The molecule has 3 rings (SSSR count).